The van der Waals surface area contributed by atoms with Crippen molar-refractivity contribution in [1.29, 1.82) is 0 Å². The van der Waals surface area contributed by atoms with Gasteiger partial charge in [-0.3, -0.25) is 9.59 Å². The van der Waals surface area contributed by atoms with Gasteiger partial charge in [0.15, 0.2) is 0 Å². The lowest BCUT2D eigenvalue weighted by Crippen LogP contribution is -2.50. The molecule has 0 heterocycles. The Morgan fingerprint density at radius 3 is 1.57 bits per heavy atom. The van der Waals surface area contributed by atoms with Crippen molar-refractivity contribution in [2.24, 2.45) is 47.3 Å². The number of fused-ring (bicyclic) bond motifs is 9. The molecule has 0 saturated heterocycles. The molecule has 3 saturated carbocycles. The van der Waals surface area contributed by atoms with Crippen LogP contribution in [-0.2, 0) is 9.59 Å². The SMILES string of the molecule is O=C1[C@@H]2[C@H]3C(=O)[C@H]4[C@@H]5C=C[C@H]([C@H]14)[C@H]2[C@@H]53. The number of carbonyl (C=O) groups excluding carboxylic acids is 2. The zero-order valence-electron chi connectivity index (χ0n) is 7.59. The van der Waals surface area contributed by atoms with Gasteiger partial charge in [0, 0.05) is 23.7 Å². The molecule has 4 rings (SSSR count). The highest BCUT2D eigenvalue weighted by Crippen LogP contribution is 2.75. The monoisotopic (exact) mass is 186 g/mol. The van der Waals surface area contributed by atoms with Crippen LogP contribution in [0.4, 0.5) is 0 Å². The average Bonchev–Trinajstić information content (AvgIpc) is 2.40. The fourth-order valence-electron chi connectivity index (χ4n) is 5.43. The van der Waals surface area contributed by atoms with E-state index >= 15 is 0 Å². The predicted molar refractivity (Wildman–Crippen MR) is 47.1 cm³/mol. The van der Waals surface area contributed by atoms with E-state index in [0.29, 0.717) is 35.2 Å². The van der Waals surface area contributed by atoms with Gasteiger partial charge in [0.25, 0.3) is 0 Å². The van der Waals surface area contributed by atoms with Crippen molar-refractivity contribution < 1.29 is 9.59 Å². The van der Waals surface area contributed by atoms with Gasteiger partial charge in [-0.15, -0.1) is 0 Å². The van der Waals surface area contributed by atoms with E-state index in [1.165, 1.54) is 0 Å². The molecular weight excluding hydrogens is 176 g/mol. The van der Waals surface area contributed by atoms with Gasteiger partial charge in [-0.1, -0.05) is 12.2 Å². The quantitative estimate of drug-likeness (QED) is 0.412. The molecule has 0 aromatic rings. The van der Waals surface area contributed by atoms with Gasteiger partial charge in [0.1, 0.15) is 11.6 Å². The molecule has 70 valence electrons. The summed E-state index contributed by atoms with van der Waals surface area (Å²) in [5, 5.41) is 0. The van der Waals surface area contributed by atoms with Gasteiger partial charge >= 0.3 is 0 Å². The van der Waals surface area contributed by atoms with Crippen molar-refractivity contribution in [2.75, 3.05) is 0 Å². The van der Waals surface area contributed by atoms with E-state index in [4.69, 9.17) is 0 Å². The largest absolute Gasteiger partial charge is 0.299 e. The van der Waals surface area contributed by atoms with E-state index in [1.807, 2.05) is 0 Å². The first-order chi connectivity index (χ1) is 6.80. The second kappa shape index (κ2) is 1.54. The van der Waals surface area contributed by atoms with Crippen molar-refractivity contribution in [3.8, 4) is 0 Å². The number of hydrogen-bond donors (Lipinski definition) is 0. The first-order valence-electron chi connectivity index (χ1n) is 5.56. The van der Waals surface area contributed by atoms with Gasteiger partial charge in [-0.05, 0) is 23.7 Å². The highest BCUT2D eigenvalue weighted by molar-refractivity contribution is 6.06. The second-order valence-corrected chi connectivity index (χ2v) is 5.60. The Balaban J connectivity index is 1.91. The number of allylic oxidation sites excluding steroid dienone is 2. The molecular formula is C12H10O2. The zero-order chi connectivity index (χ0) is 9.19. The van der Waals surface area contributed by atoms with Crippen LogP contribution in [0.25, 0.3) is 0 Å². The fourth-order valence-corrected chi connectivity index (χ4v) is 5.43. The summed E-state index contributed by atoms with van der Waals surface area (Å²) in [6.45, 7) is 0. The van der Waals surface area contributed by atoms with Gasteiger partial charge < -0.3 is 0 Å². The number of hydrogen-bond acceptors (Lipinski definition) is 2. The van der Waals surface area contributed by atoms with E-state index in [0.717, 1.165) is 0 Å². The molecule has 4 aliphatic rings. The molecule has 0 bridgehead atoms. The minimum absolute atomic E-state index is 0.113. The molecule has 2 nitrogen and oxygen atoms in total. The molecule has 0 aromatic heterocycles. The lowest BCUT2D eigenvalue weighted by atomic mass is 9.52. The van der Waals surface area contributed by atoms with E-state index in [2.05, 4.69) is 12.2 Å². The Morgan fingerprint density at radius 1 is 0.714 bits per heavy atom. The fraction of sp³-hybridized carbons (Fsp3) is 0.667. The highest BCUT2D eigenvalue weighted by atomic mass is 16.1. The first-order valence-corrected chi connectivity index (χ1v) is 5.56. The molecule has 0 spiro atoms. The number of Topliss-reactive ketones (excluding diaryl/α,β-unsaturated/α-hetero) is 2. The summed E-state index contributed by atoms with van der Waals surface area (Å²) in [6.07, 6.45) is 4.47. The minimum atomic E-state index is 0.113. The van der Waals surface area contributed by atoms with E-state index in [1.54, 1.807) is 0 Å². The molecule has 0 aliphatic heterocycles. The maximum Gasteiger partial charge on any atom is 0.141 e. The molecule has 0 amide bonds. The summed E-state index contributed by atoms with van der Waals surface area (Å²) in [5.74, 6) is 3.50. The minimum Gasteiger partial charge on any atom is -0.299 e. The van der Waals surface area contributed by atoms with Crippen LogP contribution >= 0.6 is 0 Å². The lowest BCUT2D eigenvalue weighted by molar-refractivity contribution is -0.145. The van der Waals surface area contributed by atoms with Crippen LogP contribution in [-0.4, -0.2) is 11.6 Å². The Bertz CT molecular complexity index is 396. The van der Waals surface area contributed by atoms with E-state index in [9.17, 15) is 9.59 Å². The van der Waals surface area contributed by atoms with Gasteiger partial charge in [-0.2, -0.15) is 0 Å². The topological polar surface area (TPSA) is 34.1 Å². The van der Waals surface area contributed by atoms with Crippen LogP contribution in [0.3, 0.4) is 0 Å². The van der Waals surface area contributed by atoms with Gasteiger partial charge in [0.05, 0.1) is 0 Å². The number of rotatable bonds is 0. The van der Waals surface area contributed by atoms with Crippen molar-refractivity contribution >= 4 is 11.6 Å². The van der Waals surface area contributed by atoms with Crippen molar-refractivity contribution in [2.45, 2.75) is 0 Å². The third-order valence-electron chi connectivity index (χ3n) is 5.64. The van der Waals surface area contributed by atoms with Crippen LogP contribution < -0.4 is 0 Å². The smallest absolute Gasteiger partial charge is 0.141 e. The van der Waals surface area contributed by atoms with Crippen molar-refractivity contribution in [3.63, 3.8) is 0 Å². The van der Waals surface area contributed by atoms with Crippen LogP contribution in [0.5, 0.6) is 0 Å². The number of carbonyl (C=O) groups is 2. The molecule has 0 aromatic carbocycles. The van der Waals surface area contributed by atoms with Crippen LogP contribution in [0.2, 0.25) is 0 Å². The molecule has 0 N–H and O–H groups in total. The van der Waals surface area contributed by atoms with Gasteiger partial charge in [-0.25, -0.2) is 0 Å². The van der Waals surface area contributed by atoms with Crippen molar-refractivity contribution in [1.82, 2.24) is 0 Å². The Labute approximate surface area is 81.4 Å². The van der Waals surface area contributed by atoms with Crippen LogP contribution in [0, 0.1) is 47.3 Å². The van der Waals surface area contributed by atoms with E-state index < -0.39 is 0 Å². The predicted octanol–water partition coefficient (Wildman–Crippen LogP) is 0.678. The summed E-state index contributed by atoms with van der Waals surface area (Å²) < 4.78 is 0. The standard InChI is InChI=1S/C12H10O2/c13-11-7-3-1-2-4-6-5(3)9(11)10(6)12(14)8(4)7/h1-10H/t3-,4+,5-,6+,7-,8-,9-,10-/m0/s1. The lowest BCUT2D eigenvalue weighted by Gasteiger charge is -2.50. The van der Waals surface area contributed by atoms with Crippen molar-refractivity contribution in [3.05, 3.63) is 12.2 Å². The summed E-state index contributed by atoms with van der Waals surface area (Å²) in [5.41, 5.74) is 0. The molecule has 2 heteroatoms. The third-order valence-corrected chi connectivity index (χ3v) is 5.64. The highest BCUT2D eigenvalue weighted by Gasteiger charge is 2.80. The zero-order valence-corrected chi connectivity index (χ0v) is 7.59. The summed E-state index contributed by atoms with van der Waals surface area (Å²) in [7, 11) is 0. The van der Waals surface area contributed by atoms with Gasteiger partial charge in [0.2, 0.25) is 0 Å². The Hall–Kier alpha value is -0.920. The van der Waals surface area contributed by atoms with E-state index in [-0.39, 0.29) is 23.7 Å². The van der Waals surface area contributed by atoms with Crippen LogP contribution in [0.15, 0.2) is 12.2 Å². The third kappa shape index (κ3) is 0.358. The molecule has 0 radical (unpaired) electrons. The first kappa shape index (κ1) is 6.54. The molecule has 14 heavy (non-hydrogen) atoms. The average molecular weight is 186 g/mol. The second-order valence-electron chi connectivity index (χ2n) is 5.60. The summed E-state index contributed by atoms with van der Waals surface area (Å²) >= 11 is 0. The maximum atomic E-state index is 12.0. The normalized spacial score (nSPS) is 69.4. The summed E-state index contributed by atoms with van der Waals surface area (Å²) in [6, 6.07) is 0. The number of ketones is 2. The Morgan fingerprint density at radius 2 is 1.14 bits per heavy atom. The Kier molecular flexibility index (Phi) is 0.718. The van der Waals surface area contributed by atoms with Crippen LogP contribution in [0.1, 0.15) is 0 Å². The molecule has 0 unspecified atom stereocenters. The maximum absolute atomic E-state index is 12.0. The molecule has 3 fully saturated rings. The summed E-state index contributed by atoms with van der Waals surface area (Å²) in [4.78, 5) is 24.0. The molecule has 8 atom stereocenters. The molecule has 4 aliphatic carbocycles.